The summed E-state index contributed by atoms with van der Waals surface area (Å²) >= 11 is 0. The van der Waals surface area contributed by atoms with Crippen molar-refractivity contribution in [2.24, 2.45) is 0 Å². The molecule has 1 saturated heterocycles. The molecule has 3 nitrogen and oxygen atoms in total. The molecular formula is C14H23N3. The van der Waals surface area contributed by atoms with Crippen LogP contribution in [0, 0.1) is 6.92 Å². The largest absolute Gasteiger partial charge is 0.399 e. The highest BCUT2D eigenvalue weighted by Crippen LogP contribution is 2.24. The Labute approximate surface area is 104 Å². The minimum Gasteiger partial charge on any atom is -0.399 e. The summed E-state index contributed by atoms with van der Waals surface area (Å²) in [5, 5.41) is 0. The maximum Gasteiger partial charge on any atom is 0.0370 e. The maximum absolute atomic E-state index is 5.86. The van der Waals surface area contributed by atoms with E-state index in [0.29, 0.717) is 6.04 Å². The summed E-state index contributed by atoms with van der Waals surface area (Å²) in [4.78, 5) is 4.80. The first kappa shape index (κ1) is 12.2. The Balaban J connectivity index is 2.08. The van der Waals surface area contributed by atoms with Crippen molar-refractivity contribution in [3.05, 3.63) is 23.8 Å². The molecule has 0 saturated carbocycles. The predicted octanol–water partition coefficient (Wildman–Crippen LogP) is 2.11. The van der Waals surface area contributed by atoms with E-state index < -0.39 is 0 Å². The first-order valence-electron chi connectivity index (χ1n) is 6.35. The molecule has 17 heavy (non-hydrogen) atoms. The Morgan fingerprint density at radius 1 is 1.29 bits per heavy atom. The lowest BCUT2D eigenvalue weighted by atomic mass is 10.0. The number of hydrogen-bond donors (Lipinski definition) is 1. The van der Waals surface area contributed by atoms with Crippen LogP contribution in [0.3, 0.4) is 0 Å². The van der Waals surface area contributed by atoms with E-state index in [4.69, 9.17) is 5.73 Å². The monoisotopic (exact) mass is 233 g/mol. The second-order valence-electron chi connectivity index (χ2n) is 5.19. The van der Waals surface area contributed by atoms with Crippen LogP contribution < -0.4 is 10.6 Å². The first-order chi connectivity index (χ1) is 8.08. The van der Waals surface area contributed by atoms with Gasteiger partial charge >= 0.3 is 0 Å². The highest BCUT2D eigenvalue weighted by atomic mass is 15.2. The first-order valence-corrected chi connectivity index (χ1v) is 6.35. The summed E-state index contributed by atoms with van der Waals surface area (Å²) < 4.78 is 0. The van der Waals surface area contributed by atoms with Crippen LogP contribution in [0.2, 0.25) is 0 Å². The lowest BCUT2D eigenvalue weighted by Crippen LogP contribution is -2.42. The molecule has 0 aliphatic carbocycles. The van der Waals surface area contributed by atoms with E-state index in [1.807, 2.05) is 6.07 Å². The van der Waals surface area contributed by atoms with Gasteiger partial charge in [0, 0.05) is 24.5 Å². The number of nitrogen functional groups attached to an aromatic ring is 1. The van der Waals surface area contributed by atoms with Gasteiger partial charge in [-0.3, -0.25) is 0 Å². The van der Waals surface area contributed by atoms with Crippen LogP contribution >= 0.6 is 0 Å². The van der Waals surface area contributed by atoms with E-state index >= 15 is 0 Å². The van der Waals surface area contributed by atoms with Gasteiger partial charge < -0.3 is 15.5 Å². The zero-order valence-electron chi connectivity index (χ0n) is 11.1. The zero-order valence-corrected chi connectivity index (χ0v) is 11.1. The summed E-state index contributed by atoms with van der Waals surface area (Å²) in [7, 11) is 4.39. The molecule has 2 rings (SSSR count). The molecule has 2 N–H and O–H groups in total. The molecule has 1 aliphatic heterocycles. The number of aryl methyl sites for hydroxylation is 1. The highest BCUT2D eigenvalue weighted by Gasteiger charge is 2.20. The number of anilines is 2. The van der Waals surface area contributed by atoms with Crippen LogP contribution in [0.4, 0.5) is 11.4 Å². The molecule has 94 valence electrons. The van der Waals surface area contributed by atoms with Crippen LogP contribution in [-0.2, 0) is 0 Å². The van der Waals surface area contributed by atoms with Gasteiger partial charge in [-0.05, 0) is 63.7 Å². The maximum atomic E-state index is 5.86. The normalized spacial score (nSPS) is 18.3. The molecule has 0 atom stereocenters. The van der Waals surface area contributed by atoms with Gasteiger partial charge in [-0.2, -0.15) is 0 Å². The average Bonchev–Trinajstić information content (AvgIpc) is 2.33. The van der Waals surface area contributed by atoms with Crippen LogP contribution in [0.15, 0.2) is 18.2 Å². The fourth-order valence-electron chi connectivity index (χ4n) is 2.47. The van der Waals surface area contributed by atoms with E-state index in [0.717, 1.165) is 5.69 Å². The Morgan fingerprint density at radius 3 is 2.53 bits per heavy atom. The average molecular weight is 233 g/mol. The second-order valence-corrected chi connectivity index (χ2v) is 5.19. The molecule has 0 unspecified atom stereocenters. The predicted molar refractivity (Wildman–Crippen MR) is 74.5 cm³/mol. The molecule has 1 aromatic carbocycles. The van der Waals surface area contributed by atoms with Crippen LogP contribution in [0.25, 0.3) is 0 Å². The number of hydrogen-bond acceptors (Lipinski definition) is 3. The molecule has 0 aromatic heterocycles. The van der Waals surface area contributed by atoms with Crippen LogP contribution in [0.1, 0.15) is 18.4 Å². The van der Waals surface area contributed by atoms with Crippen molar-refractivity contribution >= 4 is 11.4 Å². The SMILES string of the molecule is Cc1cc(N(C)C2CCN(C)CC2)ccc1N. The Bertz CT molecular complexity index is 381. The van der Waals surface area contributed by atoms with Gasteiger partial charge in [-0.25, -0.2) is 0 Å². The molecular weight excluding hydrogens is 210 g/mol. The molecule has 0 amide bonds. The molecule has 0 bridgehead atoms. The third kappa shape index (κ3) is 2.72. The van der Waals surface area contributed by atoms with Gasteiger partial charge in [0.15, 0.2) is 0 Å². The van der Waals surface area contributed by atoms with Crippen molar-refractivity contribution in [2.75, 3.05) is 37.8 Å². The summed E-state index contributed by atoms with van der Waals surface area (Å²) in [6, 6.07) is 6.99. The lowest BCUT2D eigenvalue weighted by molar-refractivity contribution is 0.253. The third-order valence-corrected chi connectivity index (χ3v) is 3.90. The van der Waals surface area contributed by atoms with Gasteiger partial charge in [0.1, 0.15) is 0 Å². The zero-order chi connectivity index (χ0) is 12.4. The van der Waals surface area contributed by atoms with Gasteiger partial charge in [0.05, 0.1) is 0 Å². The van der Waals surface area contributed by atoms with Crippen molar-refractivity contribution < 1.29 is 0 Å². The Kier molecular flexibility index (Phi) is 3.57. The van der Waals surface area contributed by atoms with Crippen molar-refractivity contribution in [2.45, 2.75) is 25.8 Å². The summed E-state index contributed by atoms with van der Waals surface area (Å²) in [5.41, 5.74) is 9.19. The fourth-order valence-corrected chi connectivity index (χ4v) is 2.47. The van der Waals surface area contributed by atoms with Crippen molar-refractivity contribution in [3.8, 4) is 0 Å². The molecule has 1 aromatic rings. The van der Waals surface area contributed by atoms with Crippen molar-refractivity contribution in [1.82, 2.24) is 4.90 Å². The van der Waals surface area contributed by atoms with Crippen LogP contribution in [0.5, 0.6) is 0 Å². The topological polar surface area (TPSA) is 32.5 Å². The van der Waals surface area contributed by atoms with E-state index in [-0.39, 0.29) is 0 Å². The number of piperidine rings is 1. The Morgan fingerprint density at radius 2 is 1.94 bits per heavy atom. The van der Waals surface area contributed by atoms with Gasteiger partial charge in [0.2, 0.25) is 0 Å². The van der Waals surface area contributed by atoms with Crippen molar-refractivity contribution in [3.63, 3.8) is 0 Å². The van der Waals surface area contributed by atoms with E-state index in [2.05, 4.69) is 43.0 Å². The lowest BCUT2D eigenvalue weighted by Gasteiger charge is -2.36. The molecule has 1 heterocycles. The number of nitrogens with zero attached hydrogens (tertiary/aromatic N) is 2. The van der Waals surface area contributed by atoms with Crippen molar-refractivity contribution in [1.29, 1.82) is 0 Å². The van der Waals surface area contributed by atoms with Gasteiger partial charge in [0.25, 0.3) is 0 Å². The van der Waals surface area contributed by atoms with Crippen LogP contribution in [-0.4, -0.2) is 38.1 Å². The second kappa shape index (κ2) is 4.96. The van der Waals surface area contributed by atoms with Gasteiger partial charge in [-0.1, -0.05) is 0 Å². The number of likely N-dealkylation sites (tertiary alicyclic amines) is 1. The smallest absolute Gasteiger partial charge is 0.0370 e. The minimum absolute atomic E-state index is 0.661. The molecule has 1 fully saturated rings. The number of benzene rings is 1. The highest BCUT2D eigenvalue weighted by molar-refractivity contribution is 5.58. The standard InChI is InChI=1S/C14H23N3/c1-11-10-13(4-5-14(11)15)17(3)12-6-8-16(2)9-7-12/h4-5,10,12H,6-9,15H2,1-3H3. The van der Waals surface area contributed by atoms with E-state index in [1.165, 1.54) is 37.2 Å². The fraction of sp³-hybridized carbons (Fsp3) is 0.571. The molecule has 0 spiro atoms. The van der Waals surface area contributed by atoms with E-state index in [9.17, 15) is 0 Å². The minimum atomic E-state index is 0.661. The molecule has 3 heteroatoms. The van der Waals surface area contributed by atoms with Gasteiger partial charge in [-0.15, -0.1) is 0 Å². The third-order valence-electron chi connectivity index (χ3n) is 3.90. The quantitative estimate of drug-likeness (QED) is 0.794. The Hall–Kier alpha value is -1.22. The number of nitrogens with two attached hydrogens (primary N) is 1. The summed E-state index contributed by atoms with van der Waals surface area (Å²) in [6.07, 6.45) is 2.49. The molecule has 1 aliphatic rings. The van der Waals surface area contributed by atoms with E-state index in [1.54, 1.807) is 0 Å². The number of rotatable bonds is 2. The summed E-state index contributed by atoms with van der Waals surface area (Å²) in [5.74, 6) is 0. The summed E-state index contributed by atoms with van der Waals surface area (Å²) in [6.45, 7) is 4.47. The molecule has 0 radical (unpaired) electrons.